The third-order valence-electron chi connectivity index (χ3n) is 5.40. The largest absolute Gasteiger partial charge is 0.243 e. The second-order valence-corrected chi connectivity index (χ2v) is 9.22. The van der Waals surface area contributed by atoms with E-state index in [1.54, 1.807) is 12.1 Å². The average molecular weight is 366 g/mol. The first-order valence-corrected chi connectivity index (χ1v) is 11.6. The fourth-order valence-electron chi connectivity index (χ4n) is 4.01. The zero-order valence-electron chi connectivity index (χ0n) is 16.0. The highest BCUT2D eigenvalue weighted by Crippen LogP contribution is 2.35. The predicted octanol–water partition coefficient (Wildman–Crippen LogP) is 5.76. The molecule has 3 nitrogen and oxygen atoms in total. The van der Waals surface area contributed by atoms with Crippen LogP contribution in [0.1, 0.15) is 84.5 Å². The van der Waals surface area contributed by atoms with Crippen LogP contribution < -0.4 is 0 Å². The van der Waals surface area contributed by atoms with Crippen molar-refractivity contribution in [3.63, 3.8) is 0 Å². The lowest BCUT2D eigenvalue weighted by Crippen LogP contribution is -2.41. The Morgan fingerprint density at radius 3 is 2.00 bits per heavy atom. The summed E-state index contributed by atoms with van der Waals surface area (Å²) in [5.41, 5.74) is 0. The molecule has 1 aromatic rings. The highest BCUT2D eigenvalue weighted by molar-refractivity contribution is 7.89. The summed E-state index contributed by atoms with van der Waals surface area (Å²) in [5.74, 6) is 0. The van der Waals surface area contributed by atoms with Crippen molar-refractivity contribution in [3.8, 4) is 0 Å². The van der Waals surface area contributed by atoms with E-state index >= 15 is 0 Å². The fourth-order valence-corrected chi connectivity index (χ4v) is 5.96. The molecule has 1 aliphatic rings. The van der Waals surface area contributed by atoms with E-state index in [-0.39, 0.29) is 12.1 Å². The van der Waals surface area contributed by atoms with Crippen molar-refractivity contribution in [2.45, 2.75) is 101 Å². The number of unbranched alkanes of at least 4 members (excludes halogenated alkanes) is 5. The fraction of sp³-hybridized carbons (Fsp3) is 0.714. The maximum atomic E-state index is 13.3. The first-order valence-electron chi connectivity index (χ1n) is 10.2. The minimum absolute atomic E-state index is 0.186. The second kappa shape index (κ2) is 10.3. The van der Waals surface area contributed by atoms with E-state index < -0.39 is 10.0 Å². The Bertz CT molecular complexity index is 585. The van der Waals surface area contributed by atoms with Crippen molar-refractivity contribution in [1.82, 2.24) is 4.31 Å². The molecule has 1 saturated heterocycles. The summed E-state index contributed by atoms with van der Waals surface area (Å²) < 4.78 is 28.4. The summed E-state index contributed by atoms with van der Waals surface area (Å²) in [5, 5.41) is 0. The molecule has 1 aliphatic heterocycles. The second-order valence-electron chi connectivity index (χ2n) is 7.38. The summed E-state index contributed by atoms with van der Waals surface area (Å²) in [6, 6.07) is 9.38. The number of nitrogens with zero attached hydrogens (tertiary/aromatic N) is 1. The third kappa shape index (κ3) is 5.55. The van der Waals surface area contributed by atoms with E-state index in [1.165, 1.54) is 25.7 Å². The van der Waals surface area contributed by atoms with Gasteiger partial charge in [0.1, 0.15) is 0 Å². The van der Waals surface area contributed by atoms with E-state index in [0.717, 1.165) is 44.9 Å². The highest BCUT2D eigenvalue weighted by atomic mass is 32.2. The SMILES string of the molecule is CCCCCCC[C@H]1CC[C@H](CCCC)N1S(=O)(=O)c1ccccc1. The molecular formula is C21H35NO2S. The van der Waals surface area contributed by atoms with Gasteiger partial charge in [0.2, 0.25) is 10.0 Å². The topological polar surface area (TPSA) is 37.4 Å². The van der Waals surface area contributed by atoms with Crippen LogP contribution in [-0.2, 0) is 10.0 Å². The van der Waals surface area contributed by atoms with Crippen LogP contribution in [0.5, 0.6) is 0 Å². The summed E-state index contributed by atoms with van der Waals surface area (Å²) in [6.07, 6.45) is 12.5. The van der Waals surface area contributed by atoms with Crippen LogP contribution in [0.3, 0.4) is 0 Å². The zero-order valence-corrected chi connectivity index (χ0v) is 16.8. The standard InChI is InChI=1S/C21H35NO2S/c1-3-5-7-8-10-14-20-18-17-19(13-6-4-2)22(20)25(23,24)21-15-11-9-12-16-21/h9,11-12,15-16,19-20H,3-8,10,13-14,17-18H2,1-2H3/t19-,20-/m0/s1. The molecule has 0 saturated carbocycles. The van der Waals surface area contributed by atoms with Crippen molar-refractivity contribution < 1.29 is 8.42 Å². The van der Waals surface area contributed by atoms with Gasteiger partial charge in [-0.1, -0.05) is 77.0 Å². The maximum absolute atomic E-state index is 13.3. The Labute approximate surface area is 154 Å². The molecule has 2 atom stereocenters. The lowest BCUT2D eigenvalue weighted by molar-refractivity contribution is 0.290. The van der Waals surface area contributed by atoms with Gasteiger partial charge in [-0.05, 0) is 37.8 Å². The van der Waals surface area contributed by atoms with Crippen molar-refractivity contribution >= 4 is 10.0 Å². The van der Waals surface area contributed by atoms with E-state index in [4.69, 9.17) is 0 Å². The molecule has 0 bridgehead atoms. The smallest absolute Gasteiger partial charge is 0.207 e. The molecule has 0 aliphatic carbocycles. The lowest BCUT2D eigenvalue weighted by Gasteiger charge is -2.29. The normalized spacial score (nSPS) is 21.7. The van der Waals surface area contributed by atoms with Gasteiger partial charge < -0.3 is 0 Å². The maximum Gasteiger partial charge on any atom is 0.243 e. The van der Waals surface area contributed by atoms with Crippen LogP contribution >= 0.6 is 0 Å². The van der Waals surface area contributed by atoms with E-state index in [1.807, 2.05) is 22.5 Å². The number of benzene rings is 1. The van der Waals surface area contributed by atoms with Gasteiger partial charge in [0, 0.05) is 12.1 Å². The Balaban J connectivity index is 2.10. The molecule has 0 amide bonds. The minimum atomic E-state index is -3.38. The van der Waals surface area contributed by atoms with Crippen LogP contribution in [0, 0.1) is 0 Å². The van der Waals surface area contributed by atoms with E-state index in [9.17, 15) is 8.42 Å². The third-order valence-corrected chi connectivity index (χ3v) is 7.42. The number of rotatable bonds is 11. The minimum Gasteiger partial charge on any atom is -0.207 e. The van der Waals surface area contributed by atoms with Gasteiger partial charge in [-0.15, -0.1) is 0 Å². The summed E-state index contributed by atoms with van der Waals surface area (Å²) in [4.78, 5) is 0.453. The van der Waals surface area contributed by atoms with Gasteiger partial charge in [0.25, 0.3) is 0 Å². The van der Waals surface area contributed by atoms with Crippen LogP contribution in [0.2, 0.25) is 0 Å². The number of hydrogen-bond acceptors (Lipinski definition) is 2. The van der Waals surface area contributed by atoms with Gasteiger partial charge in [-0.2, -0.15) is 4.31 Å². The van der Waals surface area contributed by atoms with Gasteiger partial charge in [0.05, 0.1) is 4.90 Å². The van der Waals surface area contributed by atoms with E-state index in [0.29, 0.717) is 4.90 Å². The molecule has 0 radical (unpaired) electrons. The molecule has 4 heteroatoms. The number of hydrogen-bond donors (Lipinski definition) is 0. The highest BCUT2D eigenvalue weighted by Gasteiger charge is 2.41. The van der Waals surface area contributed by atoms with Crippen molar-refractivity contribution in [3.05, 3.63) is 30.3 Å². The molecule has 142 valence electrons. The molecule has 2 rings (SSSR count). The summed E-state index contributed by atoms with van der Waals surface area (Å²) >= 11 is 0. The molecular weight excluding hydrogens is 330 g/mol. The van der Waals surface area contributed by atoms with Gasteiger partial charge >= 0.3 is 0 Å². The predicted molar refractivity (Wildman–Crippen MR) is 105 cm³/mol. The Morgan fingerprint density at radius 1 is 0.840 bits per heavy atom. The average Bonchev–Trinajstić information content (AvgIpc) is 3.04. The molecule has 0 N–H and O–H groups in total. The van der Waals surface area contributed by atoms with Crippen LogP contribution in [-0.4, -0.2) is 24.8 Å². The zero-order chi connectivity index (χ0) is 18.1. The Kier molecular flexibility index (Phi) is 8.44. The van der Waals surface area contributed by atoms with Crippen LogP contribution in [0.15, 0.2) is 35.2 Å². The van der Waals surface area contributed by atoms with Crippen LogP contribution in [0.4, 0.5) is 0 Å². The quantitative estimate of drug-likeness (QED) is 0.468. The monoisotopic (exact) mass is 365 g/mol. The molecule has 1 fully saturated rings. The molecule has 0 unspecified atom stereocenters. The first kappa shape index (κ1) is 20.4. The van der Waals surface area contributed by atoms with Crippen molar-refractivity contribution in [2.75, 3.05) is 0 Å². The number of sulfonamides is 1. The van der Waals surface area contributed by atoms with Gasteiger partial charge in [-0.25, -0.2) is 8.42 Å². The van der Waals surface area contributed by atoms with Gasteiger partial charge in [-0.3, -0.25) is 0 Å². The Morgan fingerprint density at radius 2 is 1.40 bits per heavy atom. The molecule has 1 heterocycles. The first-order chi connectivity index (χ1) is 12.1. The summed E-state index contributed by atoms with van der Waals surface area (Å²) in [6.45, 7) is 4.40. The summed E-state index contributed by atoms with van der Waals surface area (Å²) in [7, 11) is -3.38. The van der Waals surface area contributed by atoms with Crippen molar-refractivity contribution in [1.29, 1.82) is 0 Å². The molecule has 25 heavy (non-hydrogen) atoms. The molecule has 0 spiro atoms. The van der Waals surface area contributed by atoms with Gasteiger partial charge in [0.15, 0.2) is 0 Å². The molecule has 1 aromatic carbocycles. The lowest BCUT2D eigenvalue weighted by atomic mass is 10.0. The van der Waals surface area contributed by atoms with Crippen LogP contribution in [0.25, 0.3) is 0 Å². The Hall–Kier alpha value is -0.870. The van der Waals surface area contributed by atoms with E-state index in [2.05, 4.69) is 13.8 Å². The molecule has 0 aromatic heterocycles. The van der Waals surface area contributed by atoms with Crippen molar-refractivity contribution in [2.24, 2.45) is 0 Å².